The summed E-state index contributed by atoms with van der Waals surface area (Å²) in [4.78, 5) is 22.7. The Morgan fingerprint density at radius 3 is 2.75 bits per heavy atom. The molecular weight excluding hydrogens is 505 g/mol. The third-order valence-electron chi connectivity index (χ3n) is 6.63. The zero-order valence-electron chi connectivity index (χ0n) is 22.1. The van der Waals surface area contributed by atoms with Crippen LogP contribution in [0.2, 0.25) is 0 Å². The minimum atomic E-state index is -0.515. The van der Waals surface area contributed by atoms with Crippen LogP contribution < -0.4 is 5.32 Å². The number of pyridine rings is 1. The summed E-state index contributed by atoms with van der Waals surface area (Å²) < 4.78 is 17.6. The van der Waals surface area contributed by atoms with Crippen molar-refractivity contribution in [3.05, 3.63) is 113 Å². The van der Waals surface area contributed by atoms with Gasteiger partial charge in [-0.2, -0.15) is 10.2 Å². The second-order valence-electron chi connectivity index (χ2n) is 9.50. The van der Waals surface area contributed by atoms with E-state index < -0.39 is 6.04 Å². The summed E-state index contributed by atoms with van der Waals surface area (Å²) in [7, 11) is 1.84. The van der Waals surface area contributed by atoms with Gasteiger partial charge in [-0.1, -0.05) is 30.0 Å². The van der Waals surface area contributed by atoms with Crippen LogP contribution in [0, 0.1) is 24.6 Å². The Morgan fingerprint density at radius 1 is 1.10 bits per heavy atom. The Balaban J connectivity index is 1.45. The summed E-state index contributed by atoms with van der Waals surface area (Å²) in [6, 6.07) is 15.3. The molecule has 0 fully saturated rings. The number of carbonyl (C=O) groups is 1. The molecule has 0 saturated heterocycles. The molecule has 8 nitrogen and oxygen atoms in total. The standard InChI is InChI=1S/C31H24FN7O/c1-19-28(30-33-13-6-14-39(30)37-19)31(40)35-20(2)29-26(23-8-4-9-24(32)15-23)16-25-22(7-5-10-27(25)36-29)12-11-21-17-34-38(3)18-21/h4-10,13-18,20H,1-3H3,(H,35,40). The van der Waals surface area contributed by atoms with Gasteiger partial charge in [0.1, 0.15) is 11.4 Å². The molecule has 40 heavy (non-hydrogen) atoms. The minimum Gasteiger partial charge on any atom is -0.344 e. The molecule has 1 amide bonds. The lowest BCUT2D eigenvalue weighted by atomic mass is 9.96. The molecule has 0 radical (unpaired) electrons. The molecule has 1 atom stereocenters. The Bertz CT molecular complexity index is 1980. The van der Waals surface area contributed by atoms with E-state index in [0.717, 1.165) is 16.5 Å². The number of nitrogens with one attached hydrogen (secondary N) is 1. The molecule has 1 N–H and O–H groups in total. The number of nitrogens with zero attached hydrogens (tertiary/aromatic N) is 6. The second-order valence-corrected chi connectivity index (χ2v) is 9.50. The number of halogens is 1. The molecule has 4 aromatic heterocycles. The van der Waals surface area contributed by atoms with Gasteiger partial charge in [-0.25, -0.2) is 18.9 Å². The van der Waals surface area contributed by atoms with Crippen LogP contribution in [0.25, 0.3) is 27.7 Å². The molecule has 6 rings (SSSR count). The van der Waals surface area contributed by atoms with Crippen LogP contribution in [-0.4, -0.2) is 35.3 Å². The highest BCUT2D eigenvalue weighted by Crippen LogP contribution is 2.32. The number of carbonyl (C=O) groups excluding carboxylic acids is 1. The average molecular weight is 530 g/mol. The van der Waals surface area contributed by atoms with Gasteiger partial charge in [0.25, 0.3) is 5.91 Å². The van der Waals surface area contributed by atoms with Crippen molar-refractivity contribution in [3.8, 4) is 23.0 Å². The summed E-state index contributed by atoms with van der Waals surface area (Å²) in [5, 5.41) is 12.5. The zero-order chi connectivity index (χ0) is 27.8. The molecule has 0 aliphatic heterocycles. The van der Waals surface area contributed by atoms with Gasteiger partial charge in [-0.3, -0.25) is 9.48 Å². The maximum Gasteiger partial charge on any atom is 0.257 e. The Morgan fingerprint density at radius 2 is 1.95 bits per heavy atom. The van der Waals surface area contributed by atoms with Crippen LogP contribution in [0.1, 0.15) is 45.8 Å². The highest BCUT2D eigenvalue weighted by molar-refractivity contribution is 6.01. The van der Waals surface area contributed by atoms with Crippen LogP contribution in [0.5, 0.6) is 0 Å². The monoisotopic (exact) mass is 529 g/mol. The molecule has 2 aromatic carbocycles. The fourth-order valence-corrected chi connectivity index (χ4v) is 4.76. The van der Waals surface area contributed by atoms with Gasteiger partial charge >= 0.3 is 0 Å². The van der Waals surface area contributed by atoms with E-state index in [-0.39, 0.29) is 11.7 Å². The summed E-state index contributed by atoms with van der Waals surface area (Å²) in [6.45, 7) is 3.63. The number of aryl methyl sites for hydroxylation is 2. The number of hydrogen-bond acceptors (Lipinski definition) is 5. The van der Waals surface area contributed by atoms with Crippen molar-refractivity contribution >= 4 is 22.5 Å². The first-order valence-corrected chi connectivity index (χ1v) is 12.7. The van der Waals surface area contributed by atoms with Crippen LogP contribution in [-0.2, 0) is 7.05 Å². The number of aromatic nitrogens is 6. The Labute approximate surface area is 229 Å². The molecule has 0 spiro atoms. The Kier molecular flexibility index (Phi) is 6.28. The normalized spacial score (nSPS) is 11.8. The van der Waals surface area contributed by atoms with Gasteiger partial charge < -0.3 is 5.32 Å². The highest BCUT2D eigenvalue weighted by Gasteiger charge is 2.23. The van der Waals surface area contributed by atoms with E-state index in [1.807, 2.05) is 50.5 Å². The number of benzene rings is 2. The molecule has 0 bridgehead atoms. The lowest BCUT2D eigenvalue weighted by Crippen LogP contribution is -2.28. The van der Waals surface area contributed by atoms with Crippen molar-refractivity contribution in [1.82, 2.24) is 34.7 Å². The molecule has 196 valence electrons. The van der Waals surface area contributed by atoms with Gasteiger partial charge in [0.2, 0.25) is 0 Å². The third kappa shape index (κ3) is 4.67. The minimum absolute atomic E-state index is 0.318. The SMILES string of the molecule is Cc1nn2cccnc2c1C(=O)NC(C)c1nc2cccc(C#Cc3cnn(C)c3)c2cc1-c1cccc(F)c1. The lowest BCUT2D eigenvalue weighted by molar-refractivity contribution is 0.0940. The topological polar surface area (TPSA) is 90.0 Å². The van der Waals surface area contributed by atoms with Crippen LogP contribution >= 0.6 is 0 Å². The largest absolute Gasteiger partial charge is 0.344 e. The van der Waals surface area contributed by atoms with Crippen molar-refractivity contribution in [2.24, 2.45) is 7.05 Å². The lowest BCUT2D eigenvalue weighted by Gasteiger charge is -2.19. The van der Waals surface area contributed by atoms with Gasteiger partial charge in [-0.15, -0.1) is 0 Å². The van der Waals surface area contributed by atoms with Crippen LogP contribution in [0.15, 0.2) is 79.4 Å². The molecule has 0 aliphatic rings. The molecule has 9 heteroatoms. The van der Waals surface area contributed by atoms with E-state index in [4.69, 9.17) is 4.98 Å². The molecule has 0 saturated carbocycles. The van der Waals surface area contributed by atoms with E-state index in [9.17, 15) is 9.18 Å². The van der Waals surface area contributed by atoms with Gasteiger partial charge in [0.15, 0.2) is 5.65 Å². The van der Waals surface area contributed by atoms with Gasteiger partial charge in [0.05, 0.1) is 34.7 Å². The number of hydrogen-bond donors (Lipinski definition) is 1. The van der Waals surface area contributed by atoms with Crippen molar-refractivity contribution in [2.75, 3.05) is 0 Å². The smallest absolute Gasteiger partial charge is 0.257 e. The molecule has 1 unspecified atom stereocenters. The maximum atomic E-state index is 14.3. The molecule has 6 aromatic rings. The quantitative estimate of drug-likeness (QED) is 0.324. The summed E-state index contributed by atoms with van der Waals surface area (Å²) in [6.07, 6.45) is 6.92. The Hall–Kier alpha value is -5.36. The van der Waals surface area contributed by atoms with Crippen molar-refractivity contribution in [2.45, 2.75) is 19.9 Å². The zero-order valence-corrected chi connectivity index (χ0v) is 22.1. The van der Waals surface area contributed by atoms with E-state index >= 15 is 0 Å². The summed E-state index contributed by atoms with van der Waals surface area (Å²) >= 11 is 0. The van der Waals surface area contributed by atoms with Crippen molar-refractivity contribution in [3.63, 3.8) is 0 Å². The highest BCUT2D eigenvalue weighted by atomic mass is 19.1. The van der Waals surface area contributed by atoms with Crippen molar-refractivity contribution in [1.29, 1.82) is 0 Å². The first kappa shape index (κ1) is 24.9. The molecule has 0 aliphatic carbocycles. The first-order valence-electron chi connectivity index (χ1n) is 12.7. The van der Waals surface area contributed by atoms with Gasteiger partial charge in [-0.05, 0) is 55.8 Å². The summed E-state index contributed by atoms with van der Waals surface area (Å²) in [5.41, 5.74) is 5.67. The van der Waals surface area contributed by atoms with E-state index in [1.54, 1.807) is 46.8 Å². The number of rotatable bonds is 4. The fraction of sp³-hybridized carbons (Fsp3) is 0.129. The fourth-order valence-electron chi connectivity index (χ4n) is 4.76. The summed E-state index contributed by atoms with van der Waals surface area (Å²) in [5.74, 6) is 5.70. The second kappa shape index (κ2) is 10.1. The third-order valence-corrected chi connectivity index (χ3v) is 6.63. The maximum absolute atomic E-state index is 14.3. The van der Waals surface area contributed by atoms with Crippen molar-refractivity contribution < 1.29 is 9.18 Å². The van der Waals surface area contributed by atoms with Gasteiger partial charge in [0, 0.05) is 42.2 Å². The van der Waals surface area contributed by atoms with E-state index in [0.29, 0.717) is 39.2 Å². The predicted molar refractivity (Wildman–Crippen MR) is 150 cm³/mol. The predicted octanol–water partition coefficient (Wildman–Crippen LogP) is 5.02. The number of amides is 1. The number of fused-ring (bicyclic) bond motifs is 2. The molecular formula is C31H24FN7O. The molecule has 4 heterocycles. The van der Waals surface area contributed by atoms with E-state index in [2.05, 4.69) is 32.3 Å². The van der Waals surface area contributed by atoms with E-state index in [1.165, 1.54) is 12.1 Å². The van der Waals surface area contributed by atoms with Crippen LogP contribution in [0.3, 0.4) is 0 Å². The average Bonchev–Trinajstić information content (AvgIpc) is 3.52. The first-order chi connectivity index (χ1) is 19.4. The van der Waals surface area contributed by atoms with Crippen LogP contribution in [0.4, 0.5) is 4.39 Å².